The molecule has 37 heavy (non-hydrogen) atoms. The van der Waals surface area contributed by atoms with E-state index in [0.717, 1.165) is 34.6 Å². The van der Waals surface area contributed by atoms with Crippen molar-refractivity contribution in [3.8, 4) is 0 Å². The lowest BCUT2D eigenvalue weighted by molar-refractivity contribution is 0.128. The Bertz CT molecular complexity index is 1500. The first-order valence-electron chi connectivity index (χ1n) is 12.4. The number of hydrogen-bond donors (Lipinski definition) is 0. The molecule has 1 aliphatic rings. The maximum atomic E-state index is 12.9. The van der Waals surface area contributed by atoms with Crippen molar-refractivity contribution in [3.63, 3.8) is 0 Å². The highest BCUT2D eigenvalue weighted by Crippen LogP contribution is 2.36. The van der Waals surface area contributed by atoms with Gasteiger partial charge in [0.25, 0.3) is 11.4 Å². The summed E-state index contributed by atoms with van der Waals surface area (Å²) in [5.41, 5.74) is 5.33. The van der Waals surface area contributed by atoms with E-state index in [9.17, 15) is 4.79 Å². The molecule has 0 amide bonds. The molecule has 0 bridgehead atoms. The van der Waals surface area contributed by atoms with Crippen molar-refractivity contribution in [2.75, 3.05) is 18.0 Å². The lowest BCUT2D eigenvalue weighted by atomic mass is 9.96. The van der Waals surface area contributed by atoms with Gasteiger partial charge in [0.15, 0.2) is 0 Å². The van der Waals surface area contributed by atoms with E-state index in [2.05, 4.69) is 57.7 Å². The van der Waals surface area contributed by atoms with E-state index in [4.69, 9.17) is 23.2 Å². The molecule has 3 atom stereocenters. The number of halogens is 1. The van der Waals surface area contributed by atoms with Crippen molar-refractivity contribution in [2.45, 2.75) is 38.9 Å². The largest absolute Gasteiger partial charge is 0.362 e. The van der Waals surface area contributed by atoms with E-state index >= 15 is 0 Å². The molecule has 1 aromatic carbocycles. The van der Waals surface area contributed by atoms with Gasteiger partial charge >= 0.3 is 0 Å². The highest BCUT2D eigenvalue weighted by atomic mass is 35.5. The highest BCUT2D eigenvalue weighted by molar-refractivity contribution is 6.30. The van der Waals surface area contributed by atoms with Crippen LogP contribution in [0.15, 0.2) is 65.6 Å². The molecule has 188 valence electrons. The Morgan fingerprint density at radius 3 is 2.49 bits per heavy atom. The average molecular weight is 513 g/mol. The topological polar surface area (TPSA) is 58.6 Å². The van der Waals surface area contributed by atoms with Crippen LogP contribution in [-0.4, -0.2) is 44.6 Å². The van der Waals surface area contributed by atoms with Gasteiger partial charge in [0.2, 0.25) is 5.52 Å². The molecule has 1 aliphatic heterocycles. The van der Waals surface area contributed by atoms with Crippen molar-refractivity contribution in [1.82, 2.24) is 19.4 Å². The van der Waals surface area contributed by atoms with Crippen LogP contribution in [0.2, 0.25) is 5.02 Å². The van der Waals surface area contributed by atoms with Crippen molar-refractivity contribution in [3.05, 3.63) is 104 Å². The minimum absolute atomic E-state index is 0.0373. The Morgan fingerprint density at radius 2 is 1.81 bits per heavy atom. The van der Waals surface area contributed by atoms with Crippen molar-refractivity contribution >= 4 is 34.1 Å². The molecule has 1 fully saturated rings. The Hall–Kier alpha value is -3.73. The van der Waals surface area contributed by atoms with Crippen LogP contribution in [0.25, 0.3) is 15.9 Å². The number of fused-ring (bicyclic) bond motifs is 1. The van der Waals surface area contributed by atoms with Gasteiger partial charge in [0.05, 0.1) is 22.9 Å². The number of hydrogen-bond acceptors (Lipinski definition) is 5. The molecule has 8 heteroatoms. The van der Waals surface area contributed by atoms with Gasteiger partial charge in [-0.15, -0.1) is 4.98 Å². The Balaban J connectivity index is 1.55. The standard InChI is InChI=1S/C29H29ClN6O/c1-18-6-11-23(32-15-18)29(21-7-9-22(30)10-8-21)36-17-19(2)35(16-20(36)3)25-14-27(37)34(5)24-12-13-26(31-4)33-28(24)25/h6-15,19-20,29H,16-17H2,1-3,5H3/t19-,20+,29?/m0/s1. The summed E-state index contributed by atoms with van der Waals surface area (Å²) in [6.07, 6.45) is 1.91. The number of aromatic nitrogens is 3. The van der Waals surface area contributed by atoms with E-state index < -0.39 is 0 Å². The van der Waals surface area contributed by atoms with Gasteiger partial charge < -0.3 is 14.3 Å². The number of anilines is 1. The monoisotopic (exact) mass is 512 g/mol. The van der Waals surface area contributed by atoms with Crippen LogP contribution in [0.1, 0.15) is 36.7 Å². The molecular weight excluding hydrogens is 484 g/mol. The third-order valence-corrected chi connectivity index (χ3v) is 7.50. The van der Waals surface area contributed by atoms with Crippen molar-refractivity contribution < 1.29 is 0 Å². The molecule has 1 unspecified atom stereocenters. The minimum Gasteiger partial charge on any atom is -0.362 e. The van der Waals surface area contributed by atoms with Gasteiger partial charge in [-0.25, -0.2) is 0 Å². The van der Waals surface area contributed by atoms with Crippen LogP contribution in [-0.2, 0) is 7.05 Å². The summed E-state index contributed by atoms with van der Waals surface area (Å²) >= 11 is 6.21. The van der Waals surface area contributed by atoms with Crippen molar-refractivity contribution in [2.24, 2.45) is 7.05 Å². The summed E-state index contributed by atoms with van der Waals surface area (Å²) in [7, 11) is 1.74. The van der Waals surface area contributed by atoms with Crippen LogP contribution < -0.4 is 10.5 Å². The van der Waals surface area contributed by atoms with Crippen LogP contribution >= 0.6 is 11.6 Å². The molecule has 3 aromatic heterocycles. The zero-order chi connectivity index (χ0) is 26.3. The highest BCUT2D eigenvalue weighted by Gasteiger charge is 2.36. The molecule has 0 radical (unpaired) electrons. The first-order chi connectivity index (χ1) is 17.8. The SMILES string of the molecule is [C-]#[N+]c1ccc2c(n1)c(N1C[C@@H](C)N(C(c3ccc(Cl)cc3)c3ccc(C)cn3)C[C@@H]1C)cc(=O)n2C. The fourth-order valence-corrected chi connectivity index (χ4v) is 5.38. The number of aryl methyl sites for hydroxylation is 2. The maximum absolute atomic E-state index is 12.9. The third-order valence-electron chi connectivity index (χ3n) is 7.24. The first kappa shape index (κ1) is 24.9. The second-order valence-corrected chi connectivity index (χ2v) is 10.3. The molecule has 7 nitrogen and oxygen atoms in total. The smallest absolute Gasteiger partial charge is 0.270 e. The second-order valence-electron chi connectivity index (χ2n) is 9.84. The first-order valence-corrected chi connectivity index (χ1v) is 12.7. The van der Waals surface area contributed by atoms with E-state index in [1.807, 2.05) is 31.3 Å². The summed E-state index contributed by atoms with van der Waals surface area (Å²) < 4.78 is 1.59. The molecule has 0 spiro atoms. The fraction of sp³-hybridized carbons (Fsp3) is 0.310. The van der Waals surface area contributed by atoms with Crippen LogP contribution in [0, 0.1) is 13.5 Å². The Morgan fingerprint density at radius 1 is 1.05 bits per heavy atom. The molecule has 0 aliphatic carbocycles. The number of pyridine rings is 3. The normalized spacial score (nSPS) is 19.1. The quantitative estimate of drug-likeness (QED) is 0.336. The van der Waals surface area contributed by atoms with Crippen LogP contribution in [0.3, 0.4) is 0 Å². The van der Waals surface area contributed by atoms with Gasteiger partial charge in [-0.05, 0) is 62.2 Å². The number of benzene rings is 1. The van der Waals surface area contributed by atoms with E-state index in [1.54, 1.807) is 23.7 Å². The van der Waals surface area contributed by atoms with Gasteiger partial charge in [0, 0.05) is 49.5 Å². The zero-order valence-corrected chi connectivity index (χ0v) is 22.1. The second kappa shape index (κ2) is 9.97. The number of piperazine rings is 1. The molecule has 5 rings (SSSR count). The molecule has 1 saturated heterocycles. The van der Waals surface area contributed by atoms with Crippen molar-refractivity contribution in [1.29, 1.82) is 0 Å². The summed E-state index contributed by atoms with van der Waals surface area (Å²) in [6.45, 7) is 15.3. The lowest BCUT2D eigenvalue weighted by Gasteiger charge is -2.48. The molecule has 4 aromatic rings. The average Bonchev–Trinajstić information content (AvgIpc) is 2.90. The summed E-state index contributed by atoms with van der Waals surface area (Å²) in [5, 5.41) is 0.703. The van der Waals surface area contributed by atoms with Gasteiger partial charge in [-0.3, -0.25) is 14.7 Å². The molecule has 0 saturated carbocycles. The molecule has 4 heterocycles. The van der Waals surface area contributed by atoms with Crippen LogP contribution in [0.4, 0.5) is 11.5 Å². The maximum Gasteiger partial charge on any atom is 0.270 e. The van der Waals surface area contributed by atoms with Gasteiger partial charge in [-0.2, -0.15) is 0 Å². The predicted octanol–water partition coefficient (Wildman–Crippen LogP) is 5.53. The zero-order valence-electron chi connectivity index (χ0n) is 21.4. The van der Waals surface area contributed by atoms with E-state index in [0.29, 0.717) is 22.9 Å². The summed E-state index contributed by atoms with van der Waals surface area (Å²) in [4.78, 5) is 30.5. The number of nitrogens with zero attached hydrogens (tertiary/aromatic N) is 6. The molecule has 0 N–H and O–H groups in total. The van der Waals surface area contributed by atoms with Crippen LogP contribution in [0.5, 0.6) is 0 Å². The summed E-state index contributed by atoms with van der Waals surface area (Å²) in [5.74, 6) is 0.319. The predicted molar refractivity (Wildman–Crippen MR) is 148 cm³/mol. The molecular formula is C29H29ClN6O. The third kappa shape index (κ3) is 4.71. The summed E-state index contributed by atoms with van der Waals surface area (Å²) in [6, 6.07) is 17.5. The number of rotatable bonds is 4. The van der Waals surface area contributed by atoms with E-state index in [1.165, 1.54) is 0 Å². The Labute approximate surface area is 221 Å². The van der Waals surface area contributed by atoms with Gasteiger partial charge in [-0.1, -0.05) is 36.4 Å². The fourth-order valence-electron chi connectivity index (χ4n) is 5.25. The minimum atomic E-state index is -0.0926. The van der Waals surface area contributed by atoms with E-state index in [-0.39, 0.29) is 23.7 Å². The van der Waals surface area contributed by atoms with Gasteiger partial charge in [0.1, 0.15) is 0 Å². The Kier molecular flexibility index (Phi) is 6.72. The lowest BCUT2D eigenvalue weighted by Crippen LogP contribution is -2.57.